The van der Waals surface area contributed by atoms with Gasteiger partial charge in [0.1, 0.15) is 6.61 Å². The molecule has 0 aromatic carbocycles. The van der Waals surface area contributed by atoms with Crippen LogP contribution in [0.5, 0.6) is 0 Å². The molecule has 0 N–H and O–H groups in total. The molecule has 0 amide bonds. The van der Waals surface area contributed by atoms with Crippen molar-refractivity contribution in [3.05, 3.63) is 5.82 Å². The largest absolute Gasteiger partial charge is 0.377 e. The molecule has 0 saturated heterocycles. The Bertz CT molecular complexity index is 270. The number of aryl methyl sites for hydroxylation is 1. The number of tetrazole rings is 1. The molecule has 0 bridgehead atoms. The molecule has 0 unspecified atom stereocenters. The summed E-state index contributed by atoms with van der Waals surface area (Å²) in [5, 5.41) is 11.1. The molecule has 12 heavy (non-hydrogen) atoms. The van der Waals surface area contributed by atoms with Gasteiger partial charge in [-0.05, 0) is 5.21 Å². The number of ketones is 1. The third kappa shape index (κ3) is 2.39. The molecule has 0 aliphatic rings. The van der Waals surface area contributed by atoms with Crippen LogP contribution in [-0.4, -0.2) is 39.7 Å². The molecule has 6 nitrogen and oxygen atoms in total. The van der Waals surface area contributed by atoms with E-state index < -0.39 is 0 Å². The summed E-state index contributed by atoms with van der Waals surface area (Å²) in [4.78, 5) is 12.3. The Hall–Kier alpha value is -1.30. The molecule has 0 spiro atoms. The third-order valence-electron chi connectivity index (χ3n) is 1.21. The van der Waals surface area contributed by atoms with Gasteiger partial charge in [0.15, 0.2) is 11.6 Å². The standard InChI is InChI=1S/C6H10N4O2/c1-10-8-6(7-9-10)3-5(11)4-12-2/h3-4H2,1-2H3. The summed E-state index contributed by atoms with van der Waals surface area (Å²) < 4.78 is 4.65. The quantitative estimate of drug-likeness (QED) is 0.577. The van der Waals surface area contributed by atoms with Crippen LogP contribution < -0.4 is 0 Å². The maximum atomic E-state index is 11.0. The second-order valence-electron chi connectivity index (χ2n) is 2.34. The van der Waals surface area contributed by atoms with Crippen molar-refractivity contribution in [1.82, 2.24) is 20.2 Å². The first-order chi connectivity index (χ1) is 5.72. The van der Waals surface area contributed by atoms with E-state index in [0.717, 1.165) is 0 Å². The molecule has 0 atom stereocenters. The average molecular weight is 170 g/mol. The minimum atomic E-state index is -0.0505. The molecule has 0 aliphatic carbocycles. The van der Waals surface area contributed by atoms with E-state index in [9.17, 15) is 4.79 Å². The summed E-state index contributed by atoms with van der Waals surface area (Å²) in [5.41, 5.74) is 0. The lowest BCUT2D eigenvalue weighted by Gasteiger charge is -1.93. The average Bonchev–Trinajstić information content (AvgIpc) is 2.36. The minimum absolute atomic E-state index is 0.0505. The van der Waals surface area contributed by atoms with Crippen LogP contribution in [0, 0.1) is 0 Å². The van der Waals surface area contributed by atoms with E-state index in [1.165, 1.54) is 11.9 Å². The van der Waals surface area contributed by atoms with Gasteiger partial charge in [-0.15, -0.1) is 10.2 Å². The van der Waals surface area contributed by atoms with Crippen molar-refractivity contribution in [1.29, 1.82) is 0 Å². The molecular formula is C6H10N4O2. The van der Waals surface area contributed by atoms with Gasteiger partial charge in [-0.25, -0.2) is 0 Å². The van der Waals surface area contributed by atoms with Gasteiger partial charge < -0.3 is 4.74 Å². The number of aromatic nitrogens is 4. The highest BCUT2D eigenvalue weighted by atomic mass is 16.5. The number of hydrogen-bond acceptors (Lipinski definition) is 5. The molecular weight excluding hydrogens is 160 g/mol. The normalized spacial score (nSPS) is 10.2. The number of Topliss-reactive ketones (excluding diaryl/α,β-unsaturated/α-hetero) is 1. The van der Waals surface area contributed by atoms with E-state index in [4.69, 9.17) is 0 Å². The Kier molecular flexibility index (Phi) is 2.87. The first kappa shape index (κ1) is 8.79. The molecule has 1 rings (SSSR count). The Balaban J connectivity index is 2.46. The van der Waals surface area contributed by atoms with E-state index in [2.05, 4.69) is 20.1 Å². The summed E-state index contributed by atoms with van der Waals surface area (Å²) in [5.74, 6) is 0.380. The van der Waals surface area contributed by atoms with Crippen LogP contribution in [-0.2, 0) is 23.0 Å². The summed E-state index contributed by atoms with van der Waals surface area (Å²) >= 11 is 0. The van der Waals surface area contributed by atoms with Crippen LogP contribution in [0.3, 0.4) is 0 Å². The van der Waals surface area contributed by atoms with Crippen molar-refractivity contribution in [2.45, 2.75) is 6.42 Å². The Morgan fingerprint density at radius 3 is 2.92 bits per heavy atom. The highest BCUT2D eigenvalue weighted by Crippen LogP contribution is 1.89. The van der Waals surface area contributed by atoms with Gasteiger partial charge >= 0.3 is 0 Å². The monoisotopic (exact) mass is 170 g/mol. The maximum Gasteiger partial charge on any atom is 0.182 e. The van der Waals surface area contributed by atoms with Gasteiger partial charge in [0.05, 0.1) is 13.5 Å². The summed E-state index contributed by atoms with van der Waals surface area (Å²) in [7, 11) is 3.12. The lowest BCUT2D eigenvalue weighted by molar-refractivity contribution is -0.122. The van der Waals surface area contributed by atoms with Gasteiger partial charge in [-0.1, -0.05) is 0 Å². The Morgan fingerprint density at radius 2 is 2.42 bits per heavy atom. The number of rotatable bonds is 4. The van der Waals surface area contributed by atoms with Gasteiger partial charge in [-0.3, -0.25) is 4.79 Å². The van der Waals surface area contributed by atoms with Gasteiger partial charge in [0.25, 0.3) is 0 Å². The fourth-order valence-corrected chi connectivity index (χ4v) is 0.782. The number of ether oxygens (including phenoxy) is 1. The third-order valence-corrected chi connectivity index (χ3v) is 1.21. The van der Waals surface area contributed by atoms with Gasteiger partial charge in [-0.2, -0.15) is 4.80 Å². The van der Waals surface area contributed by atoms with E-state index in [0.29, 0.717) is 5.82 Å². The highest BCUT2D eigenvalue weighted by molar-refractivity contribution is 5.81. The van der Waals surface area contributed by atoms with Crippen LogP contribution in [0.1, 0.15) is 5.82 Å². The number of methoxy groups -OCH3 is 1. The second kappa shape index (κ2) is 3.91. The van der Waals surface area contributed by atoms with E-state index in [-0.39, 0.29) is 18.8 Å². The molecule has 0 aliphatic heterocycles. The summed E-state index contributed by atoms with van der Waals surface area (Å²) in [6.07, 6.45) is 0.182. The zero-order valence-corrected chi connectivity index (χ0v) is 7.02. The number of carbonyl (C=O) groups is 1. The maximum absolute atomic E-state index is 11.0. The predicted molar refractivity (Wildman–Crippen MR) is 39.4 cm³/mol. The van der Waals surface area contributed by atoms with E-state index >= 15 is 0 Å². The van der Waals surface area contributed by atoms with Crippen molar-refractivity contribution in [3.63, 3.8) is 0 Å². The first-order valence-electron chi connectivity index (χ1n) is 3.46. The topological polar surface area (TPSA) is 69.9 Å². The van der Waals surface area contributed by atoms with Crippen molar-refractivity contribution < 1.29 is 9.53 Å². The molecule has 0 fully saturated rings. The van der Waals surface area contributed by atoms with E-state index in [1.54, 1.807) is 7.05 Å². The van der Waals surface area contributed by atoms with Crippen LogP contribution in [0.15, 0.2) is 0 Å². The van der Waals surface area contributed by atoms with Crippen LogP contribution in [0.4, 0.5) is 0 Å². The van der Waals surface area contributed by atoms with Crippen molar-refractivity contribution >= 4 is 5.78 Å². The van der Waals surface area contributed by atoms with Crippen LogP contribution >= 0.6 is 0 Å². The highest BCUT2D eigenvalue weighted by Gasteiger charge is 2.07. The Morgan fingerprint density at radius 1 is 1.67 bits per heavy atom. The fraction of sp³-hybridized carbons (Fsp3) is 0.667. The molecule has 1 heterocycles. The fourth-order valence-electron chi connectivity index (χ4n) is 0.782. The lowest BCUT2D eigenvalue weighted by atomic mass is 10.3. The smallest absolute Gasteiger partial charge is 0.182 e. The molecule has 66 valence electrons. The summed E-state index contributed by atoms with van der Waals surface area (Å²) in [6, 6.07) is 0. The van der Waals surface area contributed by atoms with E-state index in [1.807, 2.05) is 0 Å². The minimum Gasteiger partial charge on any atom is -0.377 e. The van der Waals surface area contributed by atoms with Gasteiger partial charge in [0, 0.05) is 7.11 Å². The van der Waals surface area contributed by atoms with Crippen LogP contribution in [0.25, 0.3) is 0 Å². The van der Waals surface area contributed by atoms with Crippen LogP contribution in [0.2, 0.25) is 0 Å². The number of hydrogen-bond donors (Lipinski definition) is 0. The zero-order valence-electron chi connectivity index (χ0n) is 7.02. The van der Waals surface area contributed by atoms with Crippen molar-refractivity contribution in [2.24, 2.45) is 7.05 Å². The number of nitrogens with zero attached hydrogens (tertiary/aromatic N) is 4. The van der Waals surface area contributed by atoms with Crippen molar-refractivity contribution in [2.75, 3.05) is 13.7 Å². The molecule has 0 radical (unpaired) electrons. The lowest BCUT2D eigenvalue weighted by Crippen LogP contribution is -2.10. The number of carbonyl (C=O) groups excluding carboxylic acids is 1. The first-order valence-corrected chi connectivity index (χ1v) is 3.46. The SMILES string of the molecule is COCC(=O)Cc1nnn(C)n1. The second-order valence-corrected chi connectivity index (χ2v) is 2.34. The molecule has 1 aromatic heterocycles. The molecule has 6 heteroatoms. The molecule has 0 saturated carbocycles. The predicted octanol–water partition coefficient (Wildman–Crippen LogP) is -1.03. The summed E-state index contributed by atoms with van der Waals surface area (Å²) in [6.45, 7) is 0.0955. The zero-order chi connectivity index (χ0) is 8.97. The van der Waals surface area contributed by atoms with Gasteiger partial charge in [0.2, 0.25) is 0 Å². The Labute approximate surface area is 69.5 Å². The molecule has 1 aromatic rings. The van der Waals surface area contributed by atoms with Crippen molar-refractivity contribution in [3.8, 4) is 0 Å².